The highest BCUT2D eigenvalue weighted by molar-refractivity contribution is 6.33. The fourth-order valence-corrected chi connectivity index (χ4v) is 12.8. The van der Waals surface area contributed by atoms with Gasteiger partial charge in [0.2, 0.25) is 0 Å². The van der Waals surface area contributed by atoms with E-state index in [0.717, 1.165) is 24.8 Å². The van der Waals surface area contributed by atoms with E-state index in [1.165, 1.54) is 49.7 Å². The molecule has 0 spiro atoms. The smallest absolute Gasteiger partial charge is 0.337 e. The molecule has 0 amide bonds. The van der Waals surface area contributed by atoms with E-state index in [9.17, 15) is 15.0 Å². The third-order valence-corrected chi connectivity index (χ3v) is 15.0. The first-order valence-electron chi connectivity index (χ1n) is 16.2. The Kier molecular flexibility index (Phi) is 6.80. The predicted octanol–water partition coefficient (Wildman–Crippen LogP) is 9.68. The predicted molar refractivity (Wildman–Crippen MR) is 168 cm³/mol. The summed E-state index contributed by atoms with van der Waals surface area (Å²) in [6.45, 7) is 19.8. The van der Waals surface area contributed by atoms with Gasteiger partial charge in [-0.2, -0.15) is 0 Å². The number of hydrogen-bond acceptors (Lipinski definition) is 2. The summed E-state index contributed by atoms with van der Waals surface area (Å²) < 4.78 is 0. The fourth-order valence-electron chi connectivity index (χ4n) is 12.5. The van der Waals surface area contributed by atoms with Crippen LogP contribution in [0.25, 0.3) is 5.57 Å². The van der Waals surface area contributed by atoms with Crippen LogP contribution >= 0.6 is 11.6 Å². The van der Waals surface area contributed by atoms with Crippen molar-refractivity contribution in [3.8, 4) is 0 Å². The van der Waals surface area contributed by atoms with Crippen molar-refractivity contribution in [1.29, 1.82) is 0 Å². The number of allylic oxidation sites excluding steroid dienone is 3. The van der Waals surface area contributed by atoms with Crippen LogP contribution < -0.4 is 0 Å². The zero-order chi connectivity index (χ0) is 29.8. The average Bonchev–Trinajstić information content (AvgIpc) is 3.29. The molecule has 4 saturated carbocycles. The number of hydrogen-bond donors (Lipinski definition) is 2. The SMILES string of the molecule is C=C(C)C1CCC2(CO)CCC3(C)C(CCC4C5(C)CC=C(c6ccc(C(=O)O)c(Cl)c6)C(C)(C)C5CCC43C)C12. The molecule has 1 aromatic carbocycles. The molecule has 5 aliphatic carbocycles. The normalized spacial score (nSPS) is 44.6. The van der Waals surface area contributed by atoms with E-state index < -0.39 is 5.97 Å². The monoisotopic (exact) mass is 578 g/mol. The van der Waals surface area contributed by atoms with Gasteiger partial charge in [-0.25, -0.2) is 4.79 Å². The molecule has 2 N–H and O–H groups in total. The molecule has 0 heterocycles. The lowest BCUT2D eigenvalue weighted by Gasteiger charge is -2.72. The van der Waals surface area contributed by atoms with Crippen LogP contribution in [0, 0.1) is 56.7 Å². The van der Waals surface area contributed by atoms with Crippen molar-refractivity contribution in [2.45, 2.75) is 99.3 Å². The molecule has 9 atom stereocenters. The van der Waals surface area contributed by atoms with Gasteiger partial charge in [-0.1, -0.05) is 70.5 Å². The van der Waals surface area contributed by atoms with Crippen LogP contribution in [0.5, 0.6) is 0 Å². The summed E-state index contributed by atoms with van der Waals surface area (Å²) in [5.41, 5.74) is 4.72. The van der Waals surface area contributed by atoms with Gasteiger partial charge in [-0.15, -0.1) is 0 Å². The van der Waals surface area contributed by atoms with Crippen LogP contribution in [0.15, 0.2) is 36.4 Å². The first-order valence-corrected chi connectivity index (χ1v) is 16.5. The summed E-state index contributed by atoms with van der Waals surface area (Å²) >= 11 is 6.45. The van der Waals surface area contributed by atoms with E-state index >= 15 is 0 Å². The number of carbonyl (C=O) groups is 1. The Morgan fingerprint density at radius 1 is 0.976 bits per heavy atom. The zero-order valence-electron chi connectivity index (χ0n) is 26.2. The third-order valence-electron chi connectivity index (χ3n) is 14.6. The molecular formula is C37H51ClO3. The first kappa shape index (κ1) is 29.5. The standard InChI is InChI=1S/C37H51ClO3/c1-22(2)24-12-17-37(21-39)19-18-35(6)27(31(24)37)10-11-30-34(5)15-13-26(23-8-9-25(32(40)41)28(38)20-23)33(3,4)29(34)14-16-36(30,35)7/h8-9,13,20,24,27,29-31,39H,1,10-12,14-19,21H2,2-7H3,(H,40,41). The van der Waals surface area contributed by atoms with Gasteiger partial charge in [-0.05, 0) is 145 Å². The Bertz CT molecular complexity index is 1310. The summed E-state index contributed by atoms with van der Waals surface area (Å²) in [7, 11) is 0. The quantitative estimate of drug-likeness (QED) is 0.350. The van der Waals surface area contributed by atoms with Crippen LogP contribution in [0.1, 0.15) is 115 Å². The minimum Gasteiger partial charge on any atom is -0.478 e. The summed E-state index contributed by atoms with van der Waals surface area (Å²) in [5.74, 6) is 2.02. The Hall–Kier alpha value is -1.58. The second-order valence-electron chi connectivity index (χ2n) is 16.2. The number of benzene rings is 1. The molecule has 0 aromatic heterocycles. The first-order chi connectivity index (χ1) is 19.2. The molecule has 5 aliphatic rings. The number of fused-ring (bicyclic) bond motifs is 7. The van der Waals surface area contributed by atoms with E-state index in [0.29, 0.717) is 41.2 Å². The van der Waals surface area contributed by atoms with E-state index in [4.69, 9.17) is 11.6 Å². The summed E-state index contributed by atoms with van der Waals surface area (Å²) in [6.07, 6.45) is 13.3. The van der Waals surface area contributed by atoms with Gasteiger partial charge in [-0.3, -0.25) is 0 Å². The van der Waals surface area contributed by atoms with Crippen LogP contribution in [0.2, 0.25) is 5.02 Å². The Morgan fingerprint density at radius 3 is 2.34 bits per heavy atom. The van der Waals surface area contributed by atoms with Gasteiger partial charge in [0, 0.05) is 6.61 Å². The number of aliphatic hydroxyl groups excluding tert-OH is 1. The summed E-state index contributed by atoms with van der Waals surface area (Å²) in [4.78, 5) is 11.6. The van der Waals surface area contributed by atoms with Crippen molar-refractivity contribution >= 4 is 23.1 Å². The highest BCUT2D eigenvalue weighted by atomic mass is 35.5. The van der Waals surface area contributed by atoms with Crippen LogP contribution in [0.3, 0.4) is 0 Å². The molecule has 0 radical (unpaired) electrons. The van der Waals surface area contributed by atoms with Crippen molar-refractivity contribution < 1.29 is 15.0 Å². The lowest BCUT2D eigenvalue weighted by atomic mass is 9.32. The molecule has 0 bridgehead atoms. The van der Waals surface area contributed by atoms with Gasteiger partial charge in [0.05, 0.1) is 10.6 Å². The van der Waals surface area contributed by atoms with Crippen LogP contribution in [0.4, 0.5) is 0 Å². The maximum Gasteiger partial charge on any atom is 0.337 e. The van der Waals surface area contributed by atoms with Gasteiger partial charge in [0.25, 0.3) is 0 Å². The summed E-state index contributed by atoms with van der Waals surface area (Å²) in [5, 5.41) is 20.6. The van der Waals surface area contributed by atoms with Gasteiger partial charge < -0.3 is 10.2 Å². The van der Waals surface area contributed by atoms with Crippen LogP contribution in [-0.4, -0.2) is 22.8 Å². The van der Waals surface area contributed by atoms with Crippen molar-refractivity contribution in [3.05, 3.63) is 52.6 Å². The zero-order valence-corrected chi connectivity index (χ0v) is 26.9. The molecule has 1 aromatic rings. The minimum atomic E-state index is -0.979. The van der Waals surface area contributed by atoms with Crippen molar-refractivity contribution in [2.24, 2.45) is 56.7 Å². The second-order valence-corrected chi connectivity index (χ2v) is 16.7. The molecule has 3 nitrogen and oxygen atoms in total. The van der Waals surface area contributed by atoms with Gasteiger partial charge in [0.1, 0.15) is 0 Å². The van der Waals surface area contributed by atoms with Gasteiger partial charge in [0.15, 0.2) is 0 Å². The second kappa shape index (κ2) is 9.46. The fraction of sp³-hybridized carbons (Fsp3) is 0.703. The lowest BCUT2D eigenvalue weighted by Crippen LogP contribution is -2.65. The molecule has 41 heavy (non-hydrogen) atoms. The Balaban J connectivity index is 1.37. The van der Waals surface area contributed by atoms with Crippen LogP contribution in [-0.2, 0) is 0 Å². The summed E-state index contributed by atoms with van der Waals surface area (Å²) in [6, 6.07) is 5.50. The number of aliphatic hydroxyl groups is 1. The van der Waals surface area contributed by atoms with E-state index in [-0.39, 0.29) is 32.6 Å². The van der Waals surface area contributed by atoms with Crippen molar-refractivity contribution in [1.82, 2.24) is 0 Å². The topological polar surface area (TPSA) is 57.5 Å². The molecule has 6 rings (SSSR count). The number of halogens is 1. The van der Waals surface area contributed by atoms with E-state index in [1.54, 1.807) is 6.07 Å². The number of rotatable bonds is 4. The number of carboxylic acid groups (broad SMARTS) is 1. The maximum absolute atomic E-state index is 11.6. The van der Waals surface area contributed by atoms with Gasteiger partial charge >= 0.3 is 5.97 Å². The maximum atomic E-state index is 11.6. The highest BCUT2D eigenvalue weighted by Gasteiger charge is 2.70. The molecule has 224 valence electrons. The Labute approximate surface area is 252 Å². The Morgan fingerprint density at radius 2 is 1.71 bits per heavy atom. The van der Waals surface area contributed by atoms with E-state index in [1.807, 2.05) is 12.1 Å². The molecular weight excluding hydrogens is 528 g/mol. The molecule has 4 fully saturated rings. The average molecular weight is 579 g/mol. The number of aromatic carboxylic acids is 1. The number of carboxylic acids is 1. The highest BCUT2D eigenvalue weighted by Crippen LogP contribution is 2.77. The lowest BCUT2D eigenvalue weighted by molar-refractivity contribution is -0.228. The largest absolute Gasteiger partial charge is 0.478 e. The molecule has 9 unspecified atom stereocenters. The molecule has 0 aliphatic heterocycles. The minimum absolute atomic E-state index is 0.0325. The van der Waals surface area contributed by atoms with Crippen molar-refractivity contribution in [2.75, 3.05) is 6.61 Å². The molecule has 0 saturated heterocycles. The third kappa shape index (κ3) is 3.83. The van der Waals surface area contributed by atoms with E-state index in [2.05, 4.69) is 54.2 Å². The van der Waals surface area contributed by atoms with Crippen molar-refractivity contribution in [3.63, 3.8) is 0 Å². The molecule has 4 heteroatoms.